The molecular weight excluding hydrogens is 284 g/mol. The first-order chi connectivity index (χ1) is 9.60. The minimum absolute atomic E-state index is 0.124. The first-order valence-corrected chi connectivity index (χ1v) is 6.60. The molecule has 3 rings (SSSR count). The molecule has 0 spiro atoms. The molecule has 106 valence electrons. The normalized spacial score (nSPS) is 17.6. The second-order valence-electron chi connectivity index (χ2n) is 4.70. The summed E-state index contributed by atoms with van der Waals surface area (Å²) in [5.41, 5.74) is 7.01. The van der Waals surface area contributed by atoms with Crippen LogP contribution >= 0.6 is 12.2 Å². The van der Waals surface area contributed by atoms with Crippen LogP contribution < -0.4 is 10.5 Å². The van der Waals surface area contributed by atoms with Crippen LogP contribution in [-0.4, -0.2) is 16.2 Å². The first-order valence-electron chi connectivity index (χ1n) is 6.19. The van der Waals surface area contributed by atoms with E-state index in [1.807, 2.05) is 4.57 Å². The van der Waals surface area contributed by atoms with Crippen LogP contribution in [0, 0.1) is 16.4 Å². The summed E-state index contributed by atoms with van der Waals surface area (Å²) in [5.74, 6) is -1.16. The van der Waals surface area contributed by atoms with E-state index in [1.165, 1.54) is 6.07 Å². The van der Waals surface area contributed by atoms with Gasteiger partial charge in [0, 0.05) is 30.8 Å². The molecular formula is C13H13F2N3OS. The van der Waals surface area contributed by atoms with Crippen molar-refractivity contribution in [3.8, 4) is 5.75 Å². The maximum absolute atomic E-state index is 13.6. The predicted molar refractivity (Wildman–Crippen MR) is 72.1 cm³/mol. The van der Waals surface area contributed by atoms with Gasteiger partial charge in [0.05, 0.1) is 11.7 Å². The lowest BCUT2D eigenvalue weighted by molar-refractivity contribution is 0.210. The minimum atomic E-state index is -0.671. The van der Waals surface area contributed by atoms with E-state index in [0.29, 0.717) is 23.3 Å². The van der Waals surface area contributed by atoms with E-state index >= 15 is 0 Å². The molecule has 2 heterocycles. The highest BCUT2D eigenvalue weighted by molar-refractivity contribution is 7.71. The highest BCUT2D eigenvalue weighted by Gasteiger charge is 2.26. The molecule has 1 aromatic carbocycles. The second kappa shape index (κ2) is 4.99. The molecule has 4 nitrogen and oxygen atoms in total. The van der Waals surface area contributed by atoms with Crippen LogP contribution in [0.25, 0.3) is 0 Å². The van der Waals surface area contributed by atoms with Crippen molar-refractivity contribution < 1.29 is 13.5 Å². The number of aromatic amines is 1. The second-order valence-corrected chi connectivity index (χ2v) is 5.09. The van der Waals surface area contributed by atoms with Gasteiger partial charge < -0.3 is 20.0 Å². The number of nitrogens with one attached hydrogen (secondary N) is 1. The molecule has 7 heteroatoms. The number of halogens is 2. The standard InChI is InChI=1S/C13H13F2N3OS/c14-8-1-7-2-9(6-19-12(7)11(15)3-8)18-10(4-16)5-17-13(18)20/h1,3,5,9H,2,4,6,16H2,(H,17,20)/t9-/m1/s1. The van der Waals surface area contributed by atoms with Gasteiger partial charge in [-0.15, -0.1) is 0 Å². The van der Waals surface area contributed by atoms with Gasteiger partial charge >= 0.3 is 0 Å². The maximum atomic E-state index is 13.6. The van der Waals surface area contributed by atoms with Crippen LogP contribution in [0.15, 0.2) is 18.3 Å². The zero-order chi connectivity index (χ0) is 14.3. The Labute approximate surface area is 119 Å². The van der Waals surface area contributed by atoms with Crippen molar-refractivity contribution in [2.24, 2.45) is 5.73 Å². The summed E-state index contributed by atoms with van der Waals surface area (Å²) in [6, 6.07) is 2.00. The van der Waals surface area contributed by atoms with Crippen molar-refractivity contribution in [1.29, 1.82) is 0 Å². The van der Waals surface area contributed by atoms with Crippen molar-refractivity contribution in [3.05, 3.63) is 46.0 Å². The Morgan fingerprint density at radius 3 is 3.00 bits per heavy atom. The molecule has 0 fully saturated rings. The van der Waals surface area contributed by atoms with E-state index in [9.17, 15) is 8.78 Å². The summed E-state index contributed by atoms with van der Waals surface area (Å²) < 4.78 is 34.7. The maximum Gasteiger partial charge on any atom is 0.177 e. The fraction of sp³-hybridized carbons (Fsp3) is 0.308. The summed E-state index contributed by atoms with van der Waals surface area (Å²) in [4.78, 5) is 2.93. The van der Waals surface area contributed by atoms with E-state index < -0.39 is 11.6 Å². The van der Waals surface area contributed by atoms with Gasteiger partial charge in [0.2, 0.25) is 0 Å². The van der Waals surface area contributed by atoms with Crippen molar-refractivity contribution in [2.75, 3.05) is 6.61 Å². The lowest BCUT2D eigenvalue weighted by atomic mass is 10.0. The lowest BCUT2D eigenvalue weighted by Crippen LogP contribution is -2.27. The number of H-pyrrole nitrogens is 1. The largest absolute Gasteiger partial charge is 0.488 e. The number of aromatic nitrogens is 2. The average Bonchev–Trinajstić information content (AvgIpc) is 2.78. The number of imidazole rings is 1. The molecule has 1 aliphatic rings. The molecule has 0 aliphatic carbocycles. The molecule has 0 amide bonds. The topological polar surface area (TPSA) is 56.0 Å². The zero-order valence-electron chi connectivity index (χ0n) is 10.5. The third-order valence-corrected chi connectivity index (χ3v) is 3.74. The molecule has 1 aromatic heterocycles. The van der Waals surface area contributed by atoms with Gasteiger partial charge in [-0.25, -0.2) is 8.78 Å². The average molecular weight is 297 g/mol. The van der Waals surface area contributed by atoms with Crippen LogP contribution in [0.5, 0.6) is 5.75 Å². The summed E-state index contributed by atoms with van der Waals surface area (Å²) >= 11 is 5.22. The SMILES string of the molecule is NCc1c[nH]c(=S)n1[C@H]1COc2c(F)cc(F)cc2C1. The monoisotopic (exact) mass is 297 g/mol. The van der Waals surface area contributed by atoms with Gasteiger partial charge in [-0.3, -0.25) is 0 Å². The van der Waals surface area contributed by atoms with E-state index in [-0.39, 0.29) is 18.4 Å². The van der Waals surface area contributed by atoms with Crippen molar-refractivity contribution in [3.63, 3.8) is 0 Å². The van der Waals surface area contributed by atoms with E-state index in [4.69, 9.17) is 22.7 Å². The number of hydrogen-bond donors (Lipinski definition) is 2. The van der Waals surface area contributed by atoms with Crippen molar-refractivity contribution >= 4 is 12.2 Å². The molecule has 20 heavy (non-hydrogen) atoms. The number of nitrogens with two attached hydrogens (primary N) is 1. The molecule has 0 radical (unpaired) electrons. The predicted octanol–water partition coefficient (Wildman–Crippen LogP) is 2.46. The third kappa shape index (κ3) is 2.12. The summed E-state index contributed by atoms with van der Waals surface area (Å²) in [5, 5.41) is 0. The van der Waals surface area contributed by atoms with Gasteiger partial charge in [-0.05, 0) is 18.3 Å². The molecule has 1 aliphatic heterocycles. The van der Waals surface area contributed by atoms with E-state index in [2.05, 4.69) is 4.98 Å². The highest BCUT2D eigenvalue weighted by Crippen LogP contribution is 2.33. The van der Waals surface area contributed by atoms with Gasteiger partial charge in [0.1, 0.15) is 12.4 Å². The Morgan fingerprint density at radius 2 is 2.25 bits per heavy atom. The van der Waals surface area contributed by atoms with Gasteiger partial charge in [-0.2, -0.15) is 0 Å². The van der Waals surface area contributed by atoms with Gasteiger partial charge in [0.25, 0.3) is 0 Å². The fourth-order valence-corrected chi connectivity index (χ4v) is 2.88. The number of rotatable bonds is 2. The molecule has 0 unspecified atom stereocenters. The summed E-state index contributed by atoms with van der Waals surface area (Å²) in [7, 11) is 0. The molecule has 0 saturated heterocycles. The Morgan fingerprint density at radius 1 is 1.45 bits per heavy atom. The molecule has 0 saturated carbocycles. The van der Waals surface area contributed by atoms with Crippen molar-refractivity contribution in [2.45, 2.75) is 19.0 Å². The Kier molecular flexibility index (Phi) is 3.31. The van der Waals surface area contributed by atoms with Crippen LogP contribution in [0.1, 0.15) is 17.3 Å². The van der Waals surface area contributed by atoms with Gasteiger partial charge in [-0.1, -0.05) is 0 Å². The smallest absolute Gasteiger partial charge is 0.177 e. The number of ether oxygens (including phenoxy) is 1. The van der Waals surface area contributed by atoms with Crippen LogP contribution in [-0.2, 0) is 13.0 Å². The lowest BCUT2D eigenvalue weighted by Gasteiger charge is -2.27. The number of hydrogen-bond acceptors (Lipinski definition) is 3. The minimum Gasteiger partial charge on any atom is -0.488 e. The molecule has 1 atom stereocenters. The van der Waals surface area contributed by atoms with E-state index in [0.717, 1.165) is 11.8 Å². The van der Waals surface area contributed by atoms with E-state index in [1.54, 1.807) is 6.20 Å². The quantitative estimate of drug-likeness (QED) is 0.837. The third-order valence-electron chi connectivity index (χ3n) is 3.43. The Hall–Kier alpha value is -1.73. The molecule has 3 N–H and O–H groups in total. The number of nitrogens with zero attached hydrogens (tertiary/aromatic N) is 1. The first kappa shape index (κ1) is 13.3. The number of fused-ring (bicyclic) bond motifs is 1. The summed E-state index contributed by atoms with van der Waals surface area (Å²) in [6.45, 7) is 0.600. The Bertz CT molecular complexity index is 710. The molecule has 0 bridgehead atoms. The van der Waals surface area contributed by atoms with Crippen LogP contribution in [0.2, 0.25) is 0 Å². The zero-order valence-corrected chi connectivity index (χ0v) is 11.3. The van der Waals surface area contributed by atoms with Gasteiger partial charge in [0.15, 0.2) is 16.3 Å². The highest BCUT2D eigenvalue weighted by atomic mass is 32.1. The fourth-order valence-electron chi connectivity index (χ4n) is 2.56. The van der Waals surface area contributed by atoms with Crippen molar-refractivity contribution in [1.82, 2.24) is 9.55 Å². The Balaban J connectivity index is 2.00. The van der Waals surface area contributed by atoms with Crippen LogP contribution in [0.4, 0.5) is 8.78 Å². The summed E-state index contributed by atoms with van der Waals surface area (Å²) in [6.07, 6.45) is 2.19. The number of benzene rings is 1. The molecule has 2 aromatic rings. The van der Waals surface area contributed by atoms with Crippen LogP contribution in [0.3, 0.4) is 0 Å².